The third-order valence-corrected chi connectivity index (χ3v) is 1.15. The summed E-state index contributed by atoms with van der Waals surface area (Å²) >= 11 is 5.27. The van der Waals surface area contributed by atoms with Gasteiger partial charge in [0.2, 0.25) is 5.56 Å². The number of halogens is 1. The maximum atomic E-state index is 10.2. The molecule has 0 rings (SSSR count). The fourth-order valence-electron chi connectivity index (χ4n) is 0.320. The van der Waals surface area contributed by atoms with Gasteiger partial charge < -0.3 is 14.9 Å². The van der Waals surface area contributed by atoms with Gasteiger partial charge in [-0.15, -0.1) is 0 Å². The Balaban J connectivity index is 3.61. The molecule has 0 saturated heterocycles. The summed E-state index contributed by atoms with van der Waals surface area (Å²) in [6.45, 7) is 0.640. The molecule has 10 heavy (non-hydrogen) atoms. The van der Waals surface area contributed by atoms with Crippen LogP contribution in [-0.4, -0.2) is 34.5 Å². The van der Waals surface area contributed by atoms with E-state index in [2.05, 4.69) is 4.74 Å². The first-order chi connectivity index (χ1) is 4.57. The fourth-order valence-corrected chi connectivity index (χ4v) is 0.525. The highest BCUT2D eigenvalue weighted by Gasteiger charge is 2.17. The third kappa shape index (κ3) is 3.66. The van der Waals surface area contributed by atoms with Crippen LogP contribution in [-0.2, 0) is 9.53 Å². The number of carbonyl (C=O) groups is 1. The van der Waals surface area contributed by atoms with Crippen molar-refractivity contribution in [1.29, 1.82) is 0 Å². The van der Waals surface area contributed by atoms with Gasteiger partial charge in [0.1, 0.15) is 6.10 Å². The number of hydrogen-bond acceptors (Lipinski definition) is 4. The van der Waals surface area contributed by atoms with Crippen molar-refractivity contribution in [2.45, 2.75) is 18.6 Å². The van der Waals surface area contributed by atoms with Gasteiger partial charge in [0.25, 0.3) is 0 Å². The number of aliphatic hydroxyl groups is 2. The molecule has 4 nitrogen and oxygen atoms in total. The van der Waals surface area contributed by atoms with Gasteiger partial charge in [0, 0.05) is 6.92 Å². The lowest BCUT2D eigenvalue weighted by Gasteiger charge is -2.13. The van der Waals surface area contributed by atoms with E-state index in [0.29, 0.717) is 0 Å². The van der Waals surface area contributed by atoms with Gasteiger partial charge >= 0.3 is 5.97 Å². The highest BCUT2D eigenvalue weighted by atomic mass is 35.5. The summed E-state index contributed by atoms with van der Waals surface area (Å²) in [4.78, 5) is 10.2. The van der Waals surface area contributed by atoms with Crippen LogP contribution >= 0.6 is 11.6 Å². The number of rotatable bonds is 3. The molecule has 0 bridgehead atoms. The zero-order valence-corrected chi connectivity index (χ0v) is 6.21. The Kier molecular flexibility index (Phi) is 4.34. The molecule has 0 spiro atoms. The molecule has 0 aromatic rings. The topological polar surface area (TPSA) is 66.8 Å². The molecular weight excluding hydrogens is 160 g/mol. The number of alkyl halides is 1. The summed E-state index contributed by atoms with van der Waals surface area (Å²) < 4.78 is 4.32. The van der Waals surface area contributed by atoms with Crippen molar-refractivity contribution in [3.63, 3.8) is 0 Å². The van der Waals surface area contributed by atoms with E-state index >= 15 is 0 Å². The van der Waals surface area contributed by atoms with E-state index in [1.807, 2.05) is 0 Å². The normalized spacial score (nSPS) is 16.0. The van der Waals surface area contributed by atoms with Crippen LogP contribution in [0.3, 0.4) is 0 Å². The van der Waals surface area contributed by atoms with Crippen molar-refractivity contribution in [3.05, 3.63) is 0 Å². The molecule has 2 atom stereocenters. The Bertz CT molecular complexity index is 116. The summed E-state index contributed by atoms with van der Waals surface area (Å²) in [5.41, 5.74) is -1.16. The lowest BCUT2D eigenvalue weighted by Crippen LogP contribution is -2.28. The number of aliphatic hydroxyl groups excluding tert-OH is 2. The van der Waals surface area contributed by atoms with E-state index < -0.39 is 24.2 Å². The zero-order valence-electron chi connectivity index (χ0n) is 5.45. The molecular formula is C5H9ClO4. The Morgan fingerprint density at radius 2 is 2.30 bits per heavy atom. The van der Waals surface area contributed by atoms with Gasteiger partial charge in [-0.1, -0.05) is 11.6 Å². The van der Waals surface area contributed by atoms with Crippen LogP contribution in [0.1, 0.15) is 6.92 Å². The molecule has 2 unspecified atom stereocenters. The van der Waals surface area contributed by atoms with E-state index in [0.717, 1.165) is 0 Å². The molecule has 0 aromatic heterocycles. The lowest BCUT2D eigenvalue weighted by atomic mass is 10.4. The third-order valence-electron chi connectivity index (χ3n) is 0.768. The first-order valence-electron chi connectivity index (χ1n) is 2.68. The molecule has 0 aliphatic heterocycles. The summed E-state index contributed by atoms with van der Waals surface area (Å²) in [5, 5.41) is 17.0. The number of carbonyl (C=O) groups excluding carboxylic acids is 1. The molecule has 0 radical (unpaired) electrons. The summed E-state index contributed by atoms with van der Waals surface area (Å²) in [6.07, 6.45) is -1.22. The second-order valence-electron chi connectivity index (χ2n) is 1.71. The minimum Gasteiger partial charge on any atom is -0.443 e. The first kappa shape index (κ1) is 9.68. The minimum absolute atomic E-state index is 0.526. The van der Waals surface area contributed by atoms with Crippen LogP contribution in [0.15, 0.2) is 0 Å². The van der Waals surface area contributed by atoms with Crippen molar-refractivity contribution in [2.24, 2.45) is 0 Å². The minimum atomic E-state index is -1.22. The maximum Gasteiger partial charge on any atom is 0.304 e. The van der Waals surface area contributed by atoms with Crippen LogP contribution in [0.5, 0.6) is 0 Å². The SMILES string of the molecule is CC(=O)OC(Cl)C(O)CO. The van der Waals surface area contributed by atoms with Crippen LogP contribution < -0.4 is 0 Å². The lowest BCUT2D eigenvalue weighted by molar-refractivity contribution is -0.147. The van der Waals surface area contributed by atoms with E-state index in [-0.39, 0.29) is 0 Å². The monoisotopic (exact) mass is 168 g/mol. The molecule has 0 amide bonds. The number of hydrogen-bond donors (Lipinski definition) is 2. The average Bonchev–Trinajstić information content (AvgIpc) is 1.85. The van der Waals surface area contributed by atoms with Gasteiger partial charge in [0.15, 0.2) is 0 Å². The maximum absolute atomic E-state index is 10.2. The van der Waals surface area contributed by atoms with Crippen LogP contribution in [0, 0.1) is 0 Å². The van der Waals surface area contributed by atoms with Crippen molar-refractivity contribution in [3.8, 4) is 0 Å². The standard InChI is InChI=1S/C5H9ClO4/c1-3(8)10-5(6)4(9)2-7/h4-5,7,9H,2H2,1H3. The number of esters is 1. The van der Waals surface area contributed by atoms with Gasteiger partial charge in [-0.3, -0.25) is 4.79 Å². The van der Waals surface area contributed by atoms with Gasteiger partial charge in [-0.05, 0) is 0 Å². The van der Waals surface area contributed by atoms with Crippen LogP contribution in [0.2, 0.25) is 0 Å². The predicted octanol–water partition coefficient (Wildman–Crippen LogP) is -0.532. The Morgan fingerprint density at radius 3 is 2.60 bits per heavy atom. The zero-order chi connectivity index (χ0) is 8.15. The van der Waals surface area contributed by atoms with E-state index in [9.17, 15) is 4.79 Å². The molecule has 0 aliphatic carbocycles. The quantitative estimate of drug-likeness (QED) is 0.439. The molecule has 60 valence electrons. The second kappa shape index (κ2) is 4.49. The van der Waals surface area contributed by atoms with Crippen molar-refractivity contribution < 1.29 is 19.7 Å². The molecule has 0 aliphatic rings. The van der Waals surface area contributed by atoms with E-state index in [4.69, 9.17) is 21.8 Å². The average molecular weight is 169 g/mol. The molecule has 5 heteroatoms. The smallest absolute Gasteiger partial charge is 0.304 e. The molecule has 0 heterocycles. The highest BCUT2D eigenvalue weighted by Crippen LogP contribution is 2.03. The van der Waals surface area contributed by atoms with Crippen LogP contribution in [0.25, 0.3) is 0 Å². The van der Waals surface area contributed by atoms with E-state index in [1.54, 1.807) is 0 Å². The summed E-state index contributed by atoms with van der Waals surface area (Å²) in [5.74, 6) is -0.590. The van der Waals surface area contributed by atoms with E-state index in [1.165, 1.54) is 6.92 Å². The Morgan fingerprint density at radius 1 is 1.80 bits per heavy atom. The summed E-state index contributed by atoms with van der Waals surface area (Å²) in [7, 11) is 0. The van der Waals surface area contributed by atoms with Crippen molar-refractivity contribution in [1.82, 2.24) is 0 Å². The molecule has 2 N–H and O–H groups in total. The molecule has 0 aromatic carbocycles. The first-order valence-corrected chi connectivity index (χ1v) is 3.11. The molecule has 0 saturated carbocycles. The highest BCUT2D eigenvalue weighted by molar-refractivity contribution is 6.20. The van der Waals surface area contributed by atoms with Crippen molar-refractivity contribution >= 4 is 17.6 Å². The van der Waals surface area contributed by atoms with Gasteiger partial charge in [-0.2, -0.15) is 0 Å². The van der Waals surface area contributed by atoms with Crippen molar-refractivity contribution in [2.75, 3.05) is 6.61 Å². The Hall–Kier alpha value is -0.320. The second-order valence-corrected chi connectivity index (χ2v) is 2.14. The van der Waals surface area contributed by atoms with Gasteiger partial charge in [-0.25, -0.2) is 0 Å². The van der Waals surface area contributed by atoms with Gasteiger partial charge in [0.05, 0.1) is 6.61 Å². The predicted molar refractivity (Wildman–Crippen MR) is 34.5 cm³/mol. The summed E-state index contributed by atoms with van der Waals surface area (Å²) in [6, 6.07) is 0. The fraction of sp³-hybridized carbons (Fsp3) is 0.800. The molecule has 0 fully saturated rings. The number of ether oxygens (including phenoxy) is 1. The largest absolute Gasteiger partial charge is 0.443 e. The van der Waals surface area contributed by atoms with Crippen LogP contribution in [0.4, 0.5) is 0 Å². The Labute approximate surface area is 63.4 Å².